The van der Waals surface area contributed by atoms with E-state index in [9.17, 15) is 4.79 Å². The predicted molar refractivity (Wildman–Crippen MR) is 82.3 cm³/mol. The highest BCUT2D eigenvalue weighted by Gasteiger charge is 2.16. The molecule has 5 nitrogen and oxygen atoms in total. The molecule has 0 spiro atoms. The molecule has 1 amide bonds. The third-order valence-corrected chi connectivity index (χ3v) is 3.17. The molecule has 2 N–H and O–H groups in total. The maximum Gasteiger partial charge on any atom is 0.255 e. The van der Waals surface area contributed by atoms with Crippen LogP contribution in [0.1, 0.15) is 48.2 Å². The van der Waals surface area contributed by atoms with E-state index in [-0.39, 0.29) is 11.9 Å². The van der Waals surface area contributed by atoms with Crippen molar-refractivity contribution in [2.24, 2.45) is 0 Å². The summed E-state index contributed by atoms with van der Waals surface area (Å²) in [5.74, 6) is 1.41. The Morgan fingerprint density at radius 1 is 1.38 bits per heavy atom. The van der Waals surface area contributed by atoms with Crippen LogP contribution in [-0.2, 0) is 0 Å². The van der Waals surface area contributed by atoms with Crippen molar-refractivity contribution in [1.82, 2.24) is 10.3 Å². The quantitative estimate of drug-likeness (QED) is 0.855. The van der Waals surface area contributed by atoms with Crippen LogP contribution in [0.15, 0.2) is 35.0 Å². The number of hydrogen-bond donors (Lipinski definition) is 2. The Labute approximate surface area is 124 Å². The van der Waals surface area contributed by atoms with E-state index in [4.69, 9.17) is 4.42 Å². The van der Waals surface area contributed by atoms with Crippen LogP contribution in [0.2, 0.25) is 0 Å². The fraction of sp³-hybridized carbons (Fsp3) is 0.375. The Hall–Kier alpha value is -2.30. The second-order valence-corrected chi connectivity index (χ2v) is 4.99. The minimum Gasteiger partial charge on any atom is -0.464 e. The zero-order valence-corrected chi connectivity index (χ0v) is 12.6. The van der Waals surface area contributed by atoms with Crippen molar-refractivity contribution in [3.05, 3.63) is 47.7 Å². The Morgan fingerprint density at radius 2 is 2.19 bits per heavy atom. The van der Waals surface area contributed by atoms with Gasteiger partial charge >= 0.3 is 0 Å². The lowest BCUT2D eigenvalue weighted by Gasteiger charge is -2.14. The Morgan fingerprint density at radius 3 is 2.86 bits per heavy atom. The van der Waals surface area contributed by atoms with Gasteiger partial charge in [0.05, 0.1) is 17.3 Å². The van der Waals surface area contributed by atoms with Crippen LogP contribution < -0.4 is 10.6 Å². The zero-order chi connectivity index (χ0) is 15.2. The molecule has 112 valence electrons. The summed E-state index contributed by atoms with van der Waals surface area (Å²) in [6.45, 7) is 6.67. The number of carbonyl (C=O) groups excluding carboxylic acids is 1. The molecule has 0 aliphatic heterocycles. The van der Waals surface area contributed by atoms with Gasteiger partial charge < -0.3 is 15.1 Å². The molecule has 2 heterocycles. The number of hydrogen-bond acceptors (Lipinski definition) is 4. The molecule has 0 aromatic carbocycles. The average Bonchev–Trinajstić information content (AvgIpc) is 2.92. The largest absolute Gasteiger partial charge is 0.464 e. The molecule has 0 saturated heterocycles. The third kappa shape index (κ3) is 3.84. The van der Waals surface area contributed by atoms with E-state index in [2.05, 4.69) is 22.5 Å². The maximum absolute atomic E-state index is 12.4. The van der Waals surface area contributed by atoms with E-state index in [1.54, 1.807) is 12.4 Å². The maximum atomic E-state index is 12.4. The smallest absolute Gasteiger partial charge is 0.255 e. The first-order valence-corrected chi connectivity index (χ1v) is 7.17. The number of amides is 1. The number of aromatic nitrogens is 1. The second kappa shape index (κ2) is 6.92. The van der Waals surface area contributed by atoms with Crippen LogP contribution in [0.5, 0.6) is 0 Å². The van der Waals surface area contributed by atoms with Crippen molar-refractivity contribution in [1.29, 1.82) is 0 Å². The molecule has 2 aromatic heterocycles. The van der Waals surface area contributed by atoms with Crippen molar-refractivity contribution in [2.45, 2.75) is 33.2 Å². The lowest BCUT2D eigenvalue weighted by Crippen LogP contribution is -2.27. The number of anilines is 1. The number of nitrogens with one attached hydrogen (secondary N) is 2. The summed E-state index contributed by atoms with van der Waals surface area (Å²) in [6, 6.07) is 5.38. The van der Waals surface area contributed by atoms with Crippen LogP contribution in [0.3, 0.4) is 0 Å². The van der Waals surface area contributed by atoms with E-state index >= 15 is 0 Å². The van der Waals surface area contributed by atoms with Crippen LogP contribution in [0.4, 0.5) is 5.69 Å². The molecule has 1 atom stereocenters. The first kappa shape index (κ1) is 15.1. The molecule has 0 aliphatic rings. The Balaban J connectivity index is 2.09. The topological polar surface area (TPSA) is 67.2 Å². The summed E-state index contributed by atoms with van der Waals surface area (Å²) < 4.78 is 5.53. The van der Waals surface area contributed by atoms with Gasteiger partial charge in [-0.1, -0.05) is 6.92 Å². The first-order chi connectivity index (χ1) is 10.1. The highest BCUT2D eigenvalue weighted by molar-refractivity contribution is 5.99. The van der Waals surface area contributed by atoms with Gasteiger partial charge in [0.2, 0.25) is 0 Å². The number of rotatable bonds is 6. The SMILES string of the molecule is CCCNc1ccncc1C(=O)NC(C)c1ccc(C)o1. The highest BCUT2D eigenvalue weighted by atomic mass is 16.3. The molecule has 21 heavy (non-hydrogen) atoms. The van der Waals surface area contributed by atoms with Gasteiger partial charge in [0.25, 0.3) is 5.91 Å². The van der Waals surface area contributed by atoms with Crippen LogP contribution in [-0.4, -0.2) is 17.4 Å². The predicted octanol–water partition coefficient (Wildman–Crippen LogP) is 3.30. The zero-order valence-electron chi connectivity index (χ0n) is 12.6. The fourth-order valence-corrected chi connectivity index (χ4v) is 2.02. The number of pyridine rings is 1. The van der Waals surface area contributed by atoms with Crippen LogP contribution >= 0.6 is 0 Å². The molecule has 5 heteroatoms. The van der Waals surface area contributed by atoms with Crippen molar-refractivity contribution < 1.29 is 9.21 Å². The molecule has 2 rings (SSSR count). The van der Waals surface area contributed by atoms with Gasteiger partial charge in [-0.05, 0) is 38.5 Å². The summed E-state index contributed by atoms with van der Waals surface area (Å²) in [5.41, 5.74) is 1.34. The first-order valence-electron chi connectivity index (χ1n) is 7.17. The molecule has 0 fully saturated rings. The van der Waals surface area contributed by atoms with Crippen LogP contribution in [0.25, 0.3) is 0 Å². The Kier molecular flexibility index (Phi) is 4.98. The van der Waals surface area contributed by atoms with Gasteiger partial charge in [-0.15, -0.1) is 0 Å². The molecular weight excluding hydrogens is 266 g/mol. The highest BCUT2D eigenvalue weighted by Crippen LogP contribution is 2.18. The average molecular weight is 287 g/mol. The molecule has 2 aromatic rings. The summed E-state index contributed by atoms with van der Waals surface area (Å²) >= 11 is 0. The van der Waals surface area contributed by atoms with Gasteiger partial charge in [-0.2, -0.15) is 0 Å². The third-order valence-electron chi connectivity index (χ3n) is 3.17. The number of furan rings is 1. The number of carbonyl (C=O) groups is 1. The van der Waals surface area contributed by atoms with E-state index in [1.807, 2.05) is 32.0 Å². The van der Waals surface area contributed by atoms with Gasteiger partial charge in [-0.25, -0.2) is 0 Å². The molecular formula is C16H21N3O2. The summed E-state index contributed by atoms with van der Waals surface area (Å²) in [7, 11) is 0. The molecule has 0 bridgehead atoms. The van der Waals surface area contributed by atoms with E-state index < -0.39 is 0 Å². The van der Waals surface area contributed by atoms with E-state index in [1.165, 1.54) is 0 Å². The van der Waals surface area contributed by atoms with Gasteiger partial charge in [0.1, 0.15) is 11.5 Å². The number of nitrogens with zero attached hydrogens (tertiary/aromatic N) is 1. The van der Waals surface area contributed by atoms with Crippen molar-refractivity contribution in [2.75, 3.05) is 11.9 Å². The van der Waals surface area contributed by atoms with Crippen molar-refractivity contribution in [3.8, 4) is 0 Å². The van der Waals surface area contributed by atoms with Crippen LogP contribution in [0, 0.1) is 6.92 Å². The Bertz CT molecular complexity index is 607. The summed E-state index contributed by atoms with van der Waals surface area (Å²) in [4.78, 5) is 16.4. The van der Waals surface area contributed by atoms with Crippen molar-refractivity contribution >= 4 is 11.6 Å². The summed E-state index contributed by atoms with van der Waals surface area (Å²) in [6.07, 6.45) is 4.24. The van der Waals surface area contributed by atoms with Gasteiger partial charge in [0.15, 0.2) is 0 Å². The van der Waals surface area contributed by atoms with E-state index in [0.29, 0.717) is 5.56 Å². The molecule has 0 aliphatic carbocycles. The van der Waals surface area contributed by atoms with Gasteiger partial charge in [0, 0.05) is 18.9 Å². The monoisotopic (exact) mass is 287 g/mol. The lowest BCUT2D eigenvalue weighted by molar-refractivity contribution is 0.0935. The minimum atomic E-state index is -0.189. The second-order valence-electron chi connectivity index (χ2n) is 4.99. The minimum absolute atomic E-state index is 0.164. The fourth-order valence-electron chi connectivity index (χ4n) is 2.02. The van der Waals surface area contributed by atoms with Gasteiger partial charge in [-0.3, -0.25) is 9.78 Å². The summed E-state index contributed by atoms with van der Waals surface area (Å²) in [5, 5.41) is 6.17. The van der Waals surface area contributed by atoms with Crippen molar-refractivity contribution in [3.63, 3.8) is 0 Å². The molecule has 0 radical (unpaired) electrons. The number of aryl methyl sites for hydroxylation is 1. The normalized spacial score (nSPS) is 12.0. The standard InChI is InChI=1S/C16H21N3O2/c1-4-8-18-14-7-9-17-10-13(14)16(20)19-12(3)15-6-5-11(2)21-15/h5-7,9-10,12H,4,8H2,1-3H3,(H,17,18)(H,19,20). The molecule has 1 unspecified atom stereocenters. The van der Waals surface area contributed by atoms with E-state index in [0.717, 1.165) is 30.2 Å². The lowest BCUT2D eigenvalue weighted by atomic mass is 10.2. The molecule has 0 saturated carbocycles.